The molecule has 1 rings (SSSR count). The number of carboxylic acid groups (broad SMARTS) is 1. The van der Waals surface area contributed by atoms with Crippen LogP contribution in [0.15, 0.2) is 18.2 Å². The predicted molar refractivity (Wildman–Crippen MR) is 49.5 cm³/mol. The van der Waals surface area contributed by atoms with E-state index in [1.807, 2.05) is 0 Å². The topological polar surface area (TPSA) is 46.5 Å². The second kappa shape index (κ2) is 4.09. The second-order valence-electron chi connectivity index (χ2n) is 2.65. The third-order valence-electron chi connectivity index (χ3n) is 1.66. The molecule has 0 amide bonds. The van der Waals surface area contributed by atoms with Crippen molar-refractivity contribution in [3.05, 3.63) is 29.3 Å². The molecule has 1 N–H and O–H groups in total. The molecule has 3 nitrogen and oxygen atoms in total. The molecule has 0 unspecified atom stereocenters. The molecular formula is C9H9BO3. The van der Waals surface area contributed by atoms with Crippen molar-refractivity contribution in [2.45, 2.75) is 6.61 Å². The third-order valence-corrected chi connectivity index (χ3v) is 1.66. The Morgan fingerprint density at radius 2 is 2.31 bits per heavy atom. The van der Waals surface area contributed by atoms with Crippen molar-refractivity contribution < 1.29 is 14.6 Å². The van der Waals surface area contributed by atoms with E-state index in [9.17, 15) is 4.79 Å². The van der Waals surface area contributed by atoms with Crippen LogP contribution in [0.1, 0.15) is 15.9 Å². The summed E-state index contributed by atoms with van der Waals surface area (Å²) < 4.78 is 4.85. The SMILES string of the molecule is [B]c1ccc(C(=O)O)c(COC)c1. The molecule has 0 fully saturated rings. The van der Waals surface area contributed by atoms with Gasteiger partial charge in [-0.1, -0.05) is 17.6 Å². The number of aromatic carboxylic acids is 1. The Morgan fingerprint density at radius 3 is 2.85 bits per heavy atom. The van der Waals surface area contributed by atoms with Gasteiger partial charge in [-0.25, -0.2) is 4.79 Å². The normalized spacial score (nSPS) is 9.92. The summed E-state index contributed by atoms with van der Waals surface area (Å²) in [7, 11) is 7.02. The minimum atomic E-state index is -0.966. The lowest BCUT2D eigenvalue weighted by atomic mass is 9.92. The highest BCUT2D eigenvalue weighted by Gasteiger charge is 2.08. The van der Waals surface area contributed by atoms with E-state index in [0.29, 0.717) is 11.0 Å². The van der Waals surface area contributed by atoms with E-state index in [2.05, 4.69) is 0 Å². The summed E-state index contributed by atoms with van der Waals surface area (Å²) in [6.45, 7) is 0.257. The molecule has 0 saturated carbocycles. The number of methoxy groups -OCH3 is 1. The van der Waals surface area contributed by atoms with Gasteiger partial charge in [0, 0.05) is 7.11 Å². The molecule has 0 heterocycles. The summed E-state index contributed by atoms with van der Waals surface area (Å²) in [6, 6.07) is 4.64. The molecule has 66 valence electrons. The summed E-state index contributed by atoms with van der Waals surface area (Å²) in [5.74, 6) is -0.966. The number of hydrogen-bond donors (Lipinski definition) is 1. The van der Waals surface area contributed by atoms with E-state index in [-0.39, 0.29) is 12.2 Å². The van der Waals surface area contributed by atoms with Crippen LogP contribution in [0.3, 0.4) is 0 Å². The van der Waals surface area contributed by atoms with Crippen molar-refractivity contribution in [3.63, 3.8) is 0 Å². The monoisotopic (exact) mass is 176 g/mol. The lowest BCUT2D eigenvalue weighted by Gasteiger charge is -2.05. The third kappa shape index (κ3) is 2.32. The van der Waals surface area contributed by atoms with Crippen molar-refractivity contribution in [2.24, 2.45) is 0 Å². The molecule has 0 aliphatic carbocycles. The van der Waals surface area contributed by atoms with Gasteiger partial charge in [0.1, 0.15) is 7.85 Å². The Balaban J connectivity index is 3.10. The molecular weight excluding hydrogens is 167 g/mol. The maximum absolute atomic E-state index is 10.7. The Morgan fingerprint density at radius 1 is 1.62 bits per heavy atom. The Hall–Kier alpha value is -1.29. The van der Waals surface area contributed by atoms with Gasteiger partial charge in [-0.3, -0.25) is 0 Å². The highest BCUT2D eigenvalue weighted by molar-refractivity contribution is 6.32. The standard InChI is InChI=1S/C9H9BO3/c1-13-5-6-4-7(10)2-3-8(6)9(11)12/h2-4H,5H2,1H3,(H,11,12). The Labute approximate surface area is 77.7 Å². The van der Waals surface area contributed by atoms with Gasteiger partial charge in [0.2, 0.25) is 0 Å². The zero-order chi connectivity index (χ0) is 9.84. The average molecular weight is 176 g/mol. The molecule has 0 saturated heterocycles. The molecule has 1 aromatic carbocycles. The van der Waals surface area contributed by atoms with Gasteiger partial charge < -0.3 is 9.84 Å². The number of benzene rings is 1. The molecule has 4 heteroatoms. The molecule has 0 aromatic heterocycles. The summed E-state index contributed by atoms with van der Waals surface area (Å²) in [5, 5.41) is 8.79. The summed E-state index contributed by atoms with van der Waals surface area (Å²) in [5.41, 5.74) is 1.36. The molecule has 0 bridgehead atoms. The lowest BCUT2D eigenvalue weighted by molar-refractivity contribution is 0.0692. The van der Waals surface area contributed by atoms with Gasteiger partial charge in [-0.05, 0) is 11.6 Å². The van der Waals surface area contributed by atoms with Gasteiger partial charge in [-0.2, -0.15) is 0 Å². The van der Waals surface area contributed by atoms with Crippen LogP contribution in [0, 0.1) is 0 Å². The summed E-state index contributed by atoms with van der Waals surface area (Å²) in [4.78, 5) is 10.7. The largest absolute Gasteiger partial charge is 0.478 e. The van der Waals surface area contributed by atoms with E-state index in [1.54, 1.807) is 12.1 Å². The fourth-order valence-electron chi connectivity index (χ4n) is 1.10. The summed E-state index contributed by atoms with van der Waals surface area (Å²) >= 11 is 0. The van der Waals surface area contributed by atoms with E-state index in [1.165, 1.54) is 13.2 Å². The smallest absolute Gasteiger partial charge is 0.336 e. The zero-order valence-corrected chi connectivity index (χ0v) is 7.28. The maximum atomic E-state index is 10.7. The van der Waals surface area contributed by atoms with Crippen molar-refractivity contribution in [3.8, 4) is 0 Å². The maximum Gasteiger partial charge on any atom is 0.336 e. The molecule has 2 radical (unpaired) electrons. The van der Waals surface area contributed by atoms with Gasteiger partial charge >= 0.3 is 5.97 Å². The minimum absolute atomic E-state index is 0.232. The second-order valence-corrected chi connectivity index (χ2v) is 2.65. The van der Waals surface area contributed by atoms with Gasteiger partial charge in [0.15, 0.2) is 0 Å². The van der Waals surface area contributed by atoms with Crippen molar-refractivity contribution >= 4 is 19.3 Å². The van der Waals surface area contributed by atoms with Crippen LogP contribution in [0.25, 0.3) is 0 Å². The molecule has 13 heavy (non-hydrogen) atoms. The van der Waals surface area contributed by atoms with Crippen molar-refractivity contribution in [2.75, 3.05) is 7.11 Å². The fraction of sp³-hybridized carbons (Fsp3) is 0.222. The Bertz CT molecular complexity index is 323. The molecule has 1 aromatic rings. The predicted octanol–water partition coefficient (Wildman–Crippen LogP) is 0.325. The highest BCUT2D eigenvalue weighted by atomic mass is 16.5. The minimum Gasteiger partial charge on any atom is -0.478 e. The number of hydrogen-bond acceptors (Lipinski definition) is 2. The number of rotatable bonds is 3. The first kappa shape index (κ1) is 9.80. The first-order chi connectivity index (χ1) is 6.15. The van der Waals surface area contributed by atoms with Crippen molar-refractivity contribution in [1.29, 1.82) is 0 Å². The van der Waals surface area contributed by atoms with Crippen LogP contribution in [0.4, 0.5) is 0 Å². The average Bonchev–Trinajstić information content (AvgIpc) is 2.04. The van der Waals surface area contributed by atoms with Crippen LogP contribution < -0.4 is 5.46 Å². The molecule has 0 atom stereocenters. The first-order valence-electron chi connectivity index (χ1n) is 3.75. The molecule has 0 aliphatic heterocycles. The van der Waals surface area contributed by atoms with Gasteiger partial charge in [0.05, 0.1) is 12.2 Å². The summed E-state index contributed by atoms with van der Waals surface area (Å²) in [6.07, 6.45) is 0. The first-order valence-corrected chi connectivity index (χ1v) is 3.75. The van der Waals surface area contributed by atoms with Gasteiger partial charge in [0.25, 0.3) is 0 Å². The van der Waals surface area contributed by atoms with E-state index < -0.39 is 5.97 Å². The van der Waals surface area contributed by atoms with E-state index in [4.69, 9.17) is 17.7 Å². The number of ether oxygens (including phenoxy) is 1. The number of carbonyl (C=O) groups is 1. The molecule has 0 spiro atoms. The van der Waals surface area contributed by atoms with Crippen LogP contribution in [0.2, 0.25) is 0 Å². The van der Waals surface area contributed by atoms with Crippen LogP contribution >= 0.6 is 0 Å². The highest BCUT2D eigenvalue weighted by Crippen LogP contribution is 2.07. The van der Waals surface area contributed by atoms with Crippen LogP contribution in [-0.4, -0.2) is 26.0 Å². The quantitative estimate of drug-likeness (QED) is 0.674. The Kier molecular flexibility index (Phi) is 3.09. The van der Waals surface area contributed by atoms with Crippen molar-refractivity contribution in [1.82, 2.24) is 0 Å². The lowest BCUT2D eigenvalue weighted by Crippen LogP contribution is -2.10. The van der Waals surface area contributed by atoms with Gasteiger partial charge in [-0.15, -0.1) is 0 Å². The van der Waals surface area contributed by atoms with E-state index >= 15 is 0 Å². The van der Waals surface area contributed by atoms with E-state index in [0.717, 1.165) is 0 Å². The van der Waals surface area contributed by atoms with Crippen LogP contribution in [-0.2, 0) is 11.3 Å². The molecule has 0 aliphatic rings. The zero-order valence-electron chi connectivity index (χ0n) is 7.28. The number of carboxylic acids is 1. The fourth-order valence-corrected chi connectivity index (χ4v) is 1.10. The van der Waals surface area contributed by atoms with Crippen LogP contribution in [0.5, 0.6) is 0 Å².